The summed E-state index contributed by atoms with van der Waals surface area (Å²) in [5, 5.41) is 0. The highest BCUT2D eigenvalue weighted by Gasteiger charge is 2.17. The molecule has 0 bridgehead atoms. The lowest BCUT2D eigenvalue weighted by Crippen LogP contribution is -2.31. The highest BCUT2D eigenvalue weighted by Crippen LogP contribution is 2.26. The molecular formula is C22H32N+. The van der Waals surface area contributed by atoms with Crippen molar-refractivity contribution >= 4 is 0 Å². The first-order chi connectivity index (χ1) is 10.7. The Morgan fingerprint density at radius 1 is 1.00 bits per heavy atom. The standard InChI is InChI=1S/C22H32N/c1-16(2)12-18-9-8-17(3)20(13-18)21-14-19(10-11-23(21)7)15-22(4,5)6/h8-11,13-14,16H,12,15H2,1-7H3/q+1. The molecule has 0 N–H and O–H groups in total. The van der Waals surface area contributed by atoms with E-state index in [-0.39, 0.29) is 0 Å². The molecule has 0 saturated heterocycles. The smallest absolute Gasteiger partial charge is 0.201 e. The van der Waals surface area contributed by atoms with Crippen molar-refractivity contribution in [3.63, 3.8) is 0 Å². The zero-order valence-electron chi connectivity index (χ0n) is 15.9. The molecule has 1 heteroatoms. The van der Waals surface area contributed by atoms with Crippen LogP contribution in [0.5, 0.6) is 0 Å². The van der Waals surface area contributed by atoms with Gasteiger partial charge in [-0.05, 0) is 53.9 Å². The number of aryl methyl sites for hydroxylation is 2. The van der Waals surface area contributed by atoms with Crippen molar-refractivity contribution in [2.45, 2.75) is 54.4 Å². The minimum Gasteiger partial charge on any atom is -0.201 e. The molecule has 1 aromatic carbocycles. The summed E-state index contributed by atoms with van der Waals surface area (Å²) in [6.07, 6.45) is 4.44. The monoisotopic (exact) mass is 310 g/mol. The first-order valence-corrected chi connectivity index (χ1v) is 8.74. The second-order valence-electron chi connectivity index (χ2n) is 8.52. The molecule has 0 aliphatic heterocycles. The predicted molar refractivity (Wildman–Crippen MR) is 99.5 cm³/mol. The zero-order chi connectivity index (χ0) is 17.2. The summed E-state index contributed by atoms with van der Waals surface area (Å²) in [7, 11) is 2.14. The van der Waals surface area contributed by atoms with Gasteiger partial charge < -0.3 is 0 Å². The summed E-state index contributed by atoms with van der Waals surface area (Å²) in [4.78, 5) is 0. The van der Waals surface area contributed by atoms with Gasteiger partial charge in [0.1, 0.15) is 7.05 Å². The SMILES string of the molecule is Cc1ccc(CC(C)C)cc1-c1cc(CC(C)(C)C)cc[n+]1C. The first-order valence-electron chi connectivity index (χ1n) is 8.74. The van der Waals surface area contributed by atoms with Crippen LogP contribution >= 0.6 is 0 Å². The number of hydrogen-bond acceptors (Lipinski definition) is 0. The number of hydrogen-bond donors (Lipinski definition) is 0. The van der Waals surface area contributed by atoms with E-state index >= 15 is 0 Å². The molecule has 23 heavy (non-hydrogen) atoms. The summed E-state index contributed by atoms with van der Waals surface area (Å²) >= 11 is 0. The van der Waals surface area contributed by atoms with Crippen LogP contribution < -0.4 is 4.57 Å². The summed E-state index contributed by atoms with van der Waals surface area (Å²) in [6, 6.07) is 11.5. The summed E-state index contributed by atoms with van der Waals surface area (Å²) in [6.45, 7) is 13.7. The average molecular weight is 311 g/mol. The summed E-state index contributed by atoms with van der Waals surface area (Å²) < 4.78 is 2.24. The van der Waals surface area contributed by atoms with Crippen molar-refractivity contribution in [3.05, 3.63) is 53.2 Å². The number of aromatic nitrogens is 1. The molecular weight excluding hydrogens is 278 g/mol. The fourth-order valence-electron chi connectivity index (χ4n) is 3.15. The van der Waals surface area contributed by atoms with Crippen LogP contribution in [0.3, 0.4) is 0 Å². The molecule has 1 aromatic heterocycles. The van der Waals surface area contributed by atoms with Gasteiger partial charge in [-0.3, -0.25) is 0 Å². The molecule has 0 saturated carbocycles. The third-order valence-electron chi connectivity index (χ3n) is 4.17. The molecule has 0 fully saturated rings. The van der Waals surface area contributed by atoms with Crippen molar-refractivity contribution in [3.8, 4) is 11.3 Å². The van der Waals surface area contributed by atoms with E-state index < -0.39 is 0 Å². The Morgan fingerprint density at radius 3 is 2.30 bits per heavy atom. The minimum atomic E-state index is 0.311. The highest BCUT2D eigenvalue weighted by atomic mass is 14.9. The van der Waals surface area contributed by atoms with Gasteiger partial charge in [0.05, 0.1) is 0 Å². The minimum absolute atomic E-state index is 0.311. The van der Waals surface area contributed by atoms with Crippen molar-refractivity contribution < 1.29 is 4.57 Å². The first kappa shape index (κ1) is 17.7. The largest absolute Gasteiger partial charge is 0.212 e. The highest BCUT2D eigenvalue weighted by molar-refractivity contribution is 5.62. The van der Waals surface area contributed by atoms with Crippen LogP contribution in [0.4, 0.5) is 0 Å². The van der Waals surface area contributed by atoms with Crippen LogP contribution in [0.2, 0.25) is 0 Å². The van der Waals surface area contributed by atoms with E-state index in [9.17, 15) is 0 Å². The van der Waals surface area contributed by atoms with E-state index in [4.69, 9.17) is 0 Å². The van der Waals surface area contributed by atoms with Crippen LogP contribution in [0.1, 0.15) is 51.3 Å². The lowest BCUT2D eigenvalue weighted by atomic mass is 9.87. The van der Waals surface area contributed by atoms with Crippen LogP contribution in [-0.2, 0) is 19.9 Å². The van der Waals surface area contributed by atoms with Gasteiger partial charge in [-0.25, -0.2) is 4.57 Å². The molecule has 124 valence electrons. The molecule has 1 heterocycles. The van der Waals surface area contributed by atoms with Crippen LogP contribution in [0.15, 0.2) is 36.5 Å². The molecule has 0 spiro atoms. The Balaban J connectivity index is 2.46. The molecule has 0 radical (unpaired) electrons. The van der Waals surface area contributed by atoms with E-state index in [1.165, 1.54) is 27.9 Å². The lowest BCUT2D eigenvalue weighted by molar-refractivity contribution is -0.660. The molecule has 2 rings (SSSR count). The van der Waals surface area contributed by atoms with Crippen LogP contribution in [0.25, 0.3) is 11.3 Å². The molecule has 0 atom stereocenters. The van der Waals surface area contributed by atoms with E-state index in [2.05, 4.69) is 89.7 Å². The third kappa shape index (κ3) is 4.92. The summed E-state index contributed by atoms with van der Waals surface area (Å²) in [5.74, 6) is 0.687. The Labute approximate surface area is 142 Å². The molecule has 0 amide bonds. The predicted octanol–water partition coefficient (Wildman–Crippen LogP) is 5.27. The van der Waals surface area contributed by atoms with Gasteiger partial charge in [0, 0.05) is 17.7 Å². The molecule has 2 aromatic rings. The maximum Gasteiger partial charge on any atom is 0.212 e. The zero-order valence-corrected chi connectivity index (χ0v) is 15.9. The van der Waals surface area contributed by atoms with Crippen LogP contribution in [-0.4, -0.2) is 0 Å². The Kier molecular flexibility index (Phi) is 5.29. The van der Waals surface area contributed by atoms with Crippen molar-refractivity contribution in [1.29, 1.82) is 0 Å². The Hall–Kier alpha value is -1.63. The number of pyridine rings is 1. The molecule has 0 aliphatic carbocycles. The lowest BCUT2D eigenvalue weighted by Gasteiger charge is -2.18. The Bertz CT molecular complexity index is 675. The summed E-state index contributed by atoms with van der Waals surface area (Å²) in [5.41, 5.74) is 7.18. The van der Waals surface area contributed by atoms with Crippen LogP contribution in [0, 0.1) is 18.3 Å². The van der Waals surface area contributed by atoms with Crippen molar-refractivity contribution in [2.24, 2.45) is 18.4 Å². The van der Waals surface area contributed by atoms with Gasteiger partial charge in [0.2, 0.25) is 5.69 Å². The van der Waals surface area contributed by atoms with Gasteiger partial charge >= 0.3 is 0 Å². The van der Waals surface area contributed by atoms with Gasteiger partial charge in [0.25, 0.3) is 0 Å². The van der Waals surface area contributed by atoms with E-state index in [1.807, 2.05) is 0 Å². The third-order valence-corrected chi connectivity index (χ3v) is 4.17. The van der Waals surface area contributed by atoms with E-state index in [0.29, 0.717) is 11.3 Å². The van der Waals surface area contributed by atoms with E-state index in [1.54, 1.807) is 0 Å². The van der Waals surface area contributed by atoms with Crippen molar-refractivity contribution in [2.75, 3.05) is 0 Å². The fraction of sp³-hybridized carbons (Fsp3) is 0.500. The number of nitrogens with zero attached hydrogens (tertiary/aromatic N) is 1. The number of rotatable bonds is 4. The maximum absolute atomic E-state index is 2.38. The van der Waals surface area contributed by atoms with Gasteiger partial charge in [-0.15, -0.1) is 0 Å². The molecule has 1 nitrogen and oxygen atoms in total. The topological polar surface area (TPSA) is 3.88 Å². The number of benzene rings is 1. The molecule has 0 unspecified atom stereocenters. The van der Waals surface area contributed by atoms with Gasteiger partial charge in [0.15, 0.2) is 6.20 Å². The van der Waals surface area contributed by atoms with Gasteiger partial charge in [-0.1, -0.05) is 46.8 Å². The van der Waals surface area contributed by atoms with E-state index in [0.717, 1.165) is 12.8 Å². The quantitative estimate of drug-likeness (QED) is 0.677. The Morgan fingerprint density at radius 2 is 1.70 bits per heavy atom. The average Bonchev–Trinajstić information content (AvgIpc) is 2.41. The molecule has 0 aliphatic rings. The maximum atomic E-state index is 2.38. The van der Waals surface area contributed by atoms with Gasteiger partial charge in [-0.2, -0.15) is 0 Å². The second-order valence-corrected chi connectivity index (χ2v) is 8.52. The normalized spacial score (nSPS) is 12.0. The second kappa shape index (κ2) is 6.86. The fourth-order valence-corrected chi connectivity index (χ4v) is 3.15. The van der Waals surface area contributed by atoms with Crippen molar-refractivity contribution in [1.82, 2.24) is 0 Å².